The van der Waals surface area contributed by atoms with Crippen LogP contribution < -0.4 is 0 Å². The van der Waals surface area contributed by atoms with Crippen LogP contribution in [0.3, 0.4) is 0 Å². The Morgan fingerprint density at radius 2 is 1.96 bits per heavy atom. The number of nitrogens with zero attached hydrogens (tertiary/aromatic N) is 3. The first-order chi connectivity index (χ1) is 12.1. The monoisotopic (exact) mass is 415 g/mol. The Bertz CT molecular complexity index is 945. The van der Waals surface area contributed by atoms with E-state index in [2.05, 4.69) is 25.9 Å². The number of rotatable bonds is 2. The van der Waals surface area contributed by atoms with Crippen molar-refractivity contribution in [1.29, 1.82) is 0 Å². The second kappa shape index (κ2) is 6.73. The van der Waals surface area contributed by atoms with Gasteiger partial charge in [-0.05, 0) is 58.6 Å². The maximum atomic E-state index is 13.1. The number of fused-ring (bicyclic) bond motifs is 1. The Morgan fingerprint density at radius 1 is 1.16 bits per heavy atom. The maximum absolute atomic E-state index is 13.1. The summed E-state index contributed by atoms with van der Waals surface area (Å²) in [7, 11) is 0. The Hall–Kier alpha value is -1.98. The van der Waals surface area contributed by atoms with Crippen molar-refractivity contribution in [1.82, 2.24) is 14.9 Å². The van der Waals surface area contributed by atoms with Crippen molar-refractivity contribution in [3.63, 3.8) is 0 Å². The van der Waals surface area contributed by atoms with Gasteiger partial charge < -0.3 is 4.90 Å². The number of pyridine rings is 2. The fraction of sp³-hybridized carbons (Fsp3) is 0.211. The molecular weight excluding hydrogens is 402 g/mol. The highest BCUT2D eigenvalue weighted by atomic mass is 79.9. The normalized spacial score (nSPS) is 17.2. The lowest BCUT2D eigenvalue weighted by Gasteiger charge is -2.25. The summed E-state index contributed by atoms with van der Waals surface area (Å²) >= 11 is 9.44. The van der Waals surface area contributed by atoms with Crippen LogP contribution in [0.1, 0.15) is 34.9 Å². The highest BCUT2D eigenvalue weighted by Gasteiger charge is 2.31. The van der Waals surface area contributed by atoms with E-state index in [1.54, 1.807) is 18.5 Å². The lowest BCUT2D eigenvalue weighted by molar-refractivity contribution is 0.0730. The number of hydrogen-bond acceptors (Lipinski definition) is 3. The predicted molar refractivity (Wildman–Crippen MR) is 102 cm³/mol. The van der Waals surface area contributed by atoms with Gasteiger partial charge in [0, 0.05) is 29.3 Å². The zero-order valence-electron chi connectivity index (χ0n) is 13.3. The fourth-order valence-corrected chi connectivity index (χ4v) is 3.88. The largest absolute Gasteiger partial charge is 0.330 e. The zero-order chi connectivity index (χ0) is 17.4. The van der Waals surface area contributed by atoms with Crippen LogP contribution >= 0.6 is 27.5 Å². The molecule has 0 saturated carbocycles. The van der Waals surface area contributed by atoms with E-state index < -0.39 is 0 Å². The molecule has 0 N–H and O–H groups in total. The van der Waals surface area contributed by atoms with E-state index in [0.29, 0.717) is 10.7 Å². The van der Waals surface area contributed by atoms with Gasteiger partial charge in [-0.2, -0.15) is 0 Å². The predicted octanol–water partition coefficient (Wildman–Crippen LogP) is 5.02. The van der Waals surface area contributed by atoms with Gasteiger partial charge in [0.25, 0.3) is 5.91 Å². The molecule has 0 radical (unpaired) electrons. The Morgan fingerprint density at radius 3 is 2.76 bits per heavy atom. The second-order valence-electron chi connectivity index (χ2n) is 6.10. The topological polar surface area (TPSA) is 46.1 Å². The first kappa shape index (κ1) is 16.5. The summed E-state index contributed by atoms with van der Waals surface area (Å²) in [5, 5.41) is 1.61. The molecule has 0 spiro atoms. The number of halogens is 2. The number of amides is 1. The van der Waals surface area contributed by atoms with Gasteiger partial charge in [0.2, 0.25) is 0 Å². The second-order valence-corrected chi connectivity index (χ2v) is 7.39. The number of carbonyl (C=O) groups is 1. The minimum Gasteiger partial charge on any atom is -0.330 e. The molecule has 3 heterocycles. The summed E-state index contributed by atoms with van der Waals surface area (Å²) in [6.07, 6.45) is 5.37. The molecule has 0 bridgehead atoms. The van der Waals surface area contributed by atoms with E-state index in [1.807, 2.05) is 35.2 Å². The molecule has 25 heavy (non-hydrogen) atoms. The van der Waals surface area contributed by atoms with Crippen LogP contribution in [0.25, 0.3) is 10.9 Å². The van der Waals surface area contributed by atoms with E-state index in [4.69, 9.17) is 11.6 Å². The molecule has 1 aliphatic heterocycles. The summed E-state index contributed by atoms with van der Waals surface area (Å²) in [6, 6.07) is 11.5. The third kappa shape index (κ3) is 3.14. The third-order valence-electron chi connectivity index (χ3n) is 4.54. The lowest BCUT2D eigenvalue weighted by Crippen LogP contribution is -2.31. The van der Waals surface area contributed by atoms with E-state index in [9.17, 15) is 4.79 Å². The van der Waals surface area contributed by atoms with Crippen LogP contribution in [0, 0.1) is 0 Å². The molecule has 1 aliphatic rings. The minimum atomic E-state index is -0.0388. The van der Waals surface area contributed by atoms with E-state index in [-0.39, 0.29) is 11.9 Å². The summed E-state index contributed by atoms with van der Waals surface area (Å²) < 4.78 is 0.787. The van der Waals surface area contributed by atoms with Crippen LogP contribution in [0.5, 0.6) is 0 Å². The Balaban J connectivity index is 1.67. The van der Waals surface area contributed by atoms with Crippen molar-refractivity contribution in [3.8, 4) is 0 Å². The molecule has 1 saturated heterocycles. The number of benzene rings is 1. The number of likely N-dealkylation sites (tertiary alicyclic amines) is 1. The molecule has 1 amide bonds. The molecule has 1 fully saturated rings. The van der Waals surface area contributed by atoms with Gasteiger partial charge in [0.1, 0.15) is 5.69 Å². The average Bonchev–Trinajstić information content (AvgIpc) is 3.11. The van der Waals surface area contributed by atoms with Gasteiger partial charge in [-0.3, -0.25) is 9.78 Å². The van der Waals surface area contributed by atoms with Crippen LogP contribution in [-0.2, 0) is 0 Å². The van der Waals surface area contributed by atoms with Crippen LogP contribution in [0.2, 0.25) is 5.02 Å². The average molecular weight is 417 g/mol. The minimum absolute atomic E-state index is 0.0388. The highest BCUT2D eigenvalue weighted by molar-refractivity contribution is 9.10. The summed E-state index contributed by atoms with van der Waals surface area (Å²) in [5.41, 5.74) is 2.32. The molecular formula is C19H15BrClN3O. The molecule has 2 aromatic heterocycles. The molecule has 6 heteroatoms. The van der Waals surface area contributed by atoms with Crippen LogP contribution in [0.15, 0.2) is 53.3 Å². The number of aromatic nitrogens is 2. The number of carbonyl (C=O) groups excluding carboxylic acids is 1. The standard InChI is InChI=1S/C19H15BrClN3O/c20-15-11-22-10-13-5-8-16(23-18(13)15)19(25)24-9-1-2-17(24)12-3-6-14(21)7-4-12/h3-8,10-11,17H,1-2,9H2. The molecule has 1 unspecified atom stereocenters. The van der Waals surface area contributed by atoms with Gasteiger partial charge in [-0.15, -0.1) is 0 Å². The van der Waals surface area contributed by atoms with Gasteiger partial charge >= 0.3 is 0 Å². The Kier molecular flexibility index (Phi) is 4.44. The zero-order valence-corrected chi connectivity index (χ0v) is 15.7. The summed E-state index contributed by atoms with van der Waals surface area (Å²) in [4.78, 5) is 23.7. The van der Waals surface area contributed by atoms with E-state index >= 15 is 0 Å². The van der Waals surface area contributed by atoms with Crippen molar-refractivity contribution in [2.24, 2.45) is 0 Å². The first-order valence-electron chi connectivity index (χ1n) is 8.10. The van der Waals surface area contributed by atoms with Gasteiger partial charge in [0.15, 0.2) is 0 Å². The molecule has 3 aromatic rings. The molecule has 1 atom stereocenters. The van der Waals surface area contributed by atoms with Crippen molar-refractivity contribution >= 4 is 44.3 Å². The molecule has 1 aromatic carbocycles. The molecule has 0 aliphatic carbocycles. The maximum Gasteiger partial charge on any atom is 0.272 e. The molecule has 4 nitrogen and oxygen atoms in total. The number of hydrogen-bond donors (Lipinski definition) is 0. The van der Waals surface area contributed by atoms with Crippen LogP contribution in [-0.4, -0.2) is 27.3 Å². The smallest absolute Gasteiger partial charge is 0.272 e. The van der Waals surface area contributed by atoms with Crippen molar-refractivity contribution in [3.05, 3.63) is 69.5 Å². The van der Waals surface area contributed by atoms with Crippen molar-refractivity contribution in [2.75, 3.05) is 6.54 Å². The highest BCUT2D eigenvalue weighted by Crippen LogP contribution is 2.33. The summed E-state index contributed by atoms with van der Waals surface area (Å²) in [6.45, 7) is 0.739. The fourth-order valence-electron chi connectivity index (χ4n) is 3.32. The molecule has 126 valence electrons. The van der Waals surface area contributed by atoms with Gasteiger partial charge in [0.05, 0.1) is 16.0 Å². The van der Waals surface area contributed by atoms with Gasteiger partial charge in [-0.25, -0.2) is 4.98 Å². The van der Waals surface area contributed by atoms with E-state index in [0.717, 1.165) is 40.3 Å². The van der Waals surface area contributed by atoms with Crippen LogP contribution in [0.4, 0.5) is 0 Å². The quantitative estimate of drug-likeness (QED) is 0.589. The van der Waals surface area contributed by atoms with Gasteiger partial charge in [-0.1, -0.05) is 23.7 Å². The Labute approximate surface area is 159 Å². The molecule has 4 rings (SSSR count). The van der Waals surface area contributed by atoms with Crippen molar-refractivity contribution in [2.45, 2.75) is 18.9 Å². The lowest BCUT2D eigenvalue weighted by atomic mass is 10.0. The third-order valence-corrected chi connectivity index (χ3v) is 5.37. The first-order valence-corrected chi connectivity index (χ1v) is 9.27. The van der Waals surface area contributed by atoms with Crippen molar-refractivity contribution < 1.29 is 4.79 Å². The SMILES string of the molecule is O=C(c1ccc2cncc(Br)c2n1)N1CCCC1c1ccc(Cl)cc1. The van der Waals surface area contributed by atoms with E-state index in [1.165, 1.54) is 0 Å². The summed E-state index contributed by atoms with van der Waals surface area (Å²) in [5.74, 6) is -0.0388.